The first-order valence-electron chi connectivity index (χ1n) is 8.51. The fraction of sp³-hybridized carbons (Fsp3) is 0.938. The zero-order valence-electron chi connectivity index (χ0n) is 13.1. The lowest BCUT2D eigenvalue weighted by molar-refractivity contribution is -0.189. The van der Waals surface area contributed by atoms with Gasteiger partial charge in [0.05, 0.1) is 13.2 Å². The summed E-state index contributed by atoms with van der Waals surface area (Å²) in [7, 11) is 0. The molecular weight excluding hydrogens is 268 g/mol. The molecule has 3 aliphatic rings. The Hall–Kier alpha value is -0.810. The molecule has 0 aromatic carbocycles. The van der Waals surface area contributed by atoms with Gasteiger partial charge in [-0.1, -0.05) is 19.3 Å². The van der Waals surface area contributed by atoms with Crippen LogP contribution in [0.1, 0.15) is 51.9 Å². The van der Waals surface area contributed by atoms with Gasteiger partial charge in [0.25, 0.3) is 0 Å². The van der Waals surface area contributed by atoms with Crippen LogP contribution in [0.3, 0.4) is 0 Å². The second kappa shape index (κ2) is 6.53. The largest absolute Gasteiger partial charge is 0.347 e. The molecule has 21 heavy (non-hydrogen) atoms. The van der Waals surface area contributed by atoms with E-state index < -0.39 is 5.79 Å². The molecule has 2 aliphatic heterocycles. The number of amides is 2. The maximum Gasteiger partial charge on any atom is 0.317 e. The van der Waals surface area contributed by atoms with E-state index in [4.69, 9.17) is 9.47 Å². The molecule has 0 aromatic heterocycles. The number of carbonyl (C=O) groups excluding carboxylic acids is 1. The summed E-state index contributed by atoms with van der Waals surface area (Å²) < 4.78 is 11.6. The van der Waals surface area contributed by atoms with Crippen LogP contribution in [0.4, 0.5) is 4.79 Å². The molecule has 1 N–H and O–H groups in total. The molecule has 0 aromatic rings. The van der Waals surface area contributed by atoms with Crippen LogP contribution in [0.5, 0.6) is 0 Å². The van der Waals surface area contributed by atoms with Crippen LogP contribution in [0.25, 0.3) is 0 Å². The standard InChI is InChI=1S/C16H28N2O3/c1-16(20-10-11-21-16)13-6-5-9-18(12-13)15(19)17-14-7-3-2-4-8-14/h13-14H,2-12H2,1H3,(H,17,19)/t13-/m0/s1. The number of ether oxygens (including phenoxy) is 2. The van der Waals surface area contributed by atoms with Crippen molar-refractivity contribution in [2.45, 2.75) is 63.7 Å². The van der Waals surface area contributed by atoms with E-state index in [2.05, 4.69) is 5.32 Å². The summed E-state index contributed by atoms with van der Waals surface area (Å²) in [6, 6.07) is 0.481. The first-order chi connectivity index (χ1) is 10.2. The Morgan fingerprint density at radius 1 is 1.10 bits per heavy atom. The van der Waals surface area contributed by atoms with Crippen molar-refractivity contribution >= 4 is 6.03 Å². The summed E-state index contributed by atoms with van der Waals surface area (Å²) in [5, 5.41) is 3.22. The molecule has 0 spiro atoms. The van der Waals surface area contributed by atoms with Crippen molar-refractivity contribution in [3.63, 3.8) is 0 Å². The van der Waals surface area contributed by atoms with Gasteiger partial charge in [0.15, 0.2) is 5.79 Å². The molecule has 120 valence electrons. The van der Waals surface area contributed by atoms with Crippen molar-refractivity contribution in [3.05, 3.63) is 0 Å². The summed E-state index contributed by atoms with van der Waals surface area (Å²) in [5.41, 5.74) is 0. The normalized spacial score (nSPS) is 30.3. The lowest BCUT2D eigenvalue weighted by Gasteiger charge is -2.40. The van der Waals surface area contributed by atoms with E-state index in [1.54, 1.807) is 0 Å². The highest BCUT2D eigenvalue weighted by Crippen LogP contribution is 2.34. The molecule has 1 saturated carbocycles. The number of nitrogens with one attached hydrogen (secondary N) is 1. The van der Waals surface area contributed by atoms with E-state index in [0.717, 1.165) is 38.8 Å². The third-order valence-corrected chi connectivity index (χ3v) is 5.24. The first kappa shape index (κ1) is 15.1. The van der Waals surface area contributed by atoms with Crippen molar-refractivity contribution in [1.29, 1.82) is 0 Å². The Morgan fingerprint density at radius 3 is 2.52 bits per heavy atom. The van der Waals surface area contributed by atoms with Gasteiger partial charge in [0.1, 0.15) is 0 Å². The highest BCUT2D eigenvalue weighted by Gasteiger charge is 2.42. The van der Waals surface area contributed by atoms with E-state index >= 15 is 0 Å². The van der Waals surface area contributed by atoms with Crippen molar-refractivity contribution < 1.29 is 14.3 Å². The smallest absolute Gasteiger partial charge is 0.317 e. The molecular formula is C16H28N2O3. The molecule has 1 atom stereocenters. The fourth-order valence-electron chi connectivity index (χ4n) is 3.87. The van der Waals surface area contributed by atoms with Gasteiger partial charge in [0.2, 0.25) is 0 Å². The zero-order chi connectivity index (χ0) is 14.7. The molecule has 3 rings (SSSR count). The number of likely N-dealkylation sites (tertiary alicyclic amines) is 1. The number of carbonyl (C=O) groups is 1. The van der Waals surface area contributed by atoms with Crippen molar-refractivity contribution in [3.8, 4) is 0 Å². The van der Waals surface area contributed by atoms with Gasteiger partial charge in [-0.3, -0.25) is 0 Å². The van der Waals surface area contributed by atoms with Crippen molar-refractivity contribution in [1.82, 2.24) is 10.2 Å². The highest BCUT2D eigenvalue weighted by atomic mass is 16.7. The Bertz CT molecular complexity index is 363. The lowest BCUT2D eigenvalue weighted by Crippen LogP contribution is -2.53. The maximum absolute atomic E-state index is 12.5. The van der Waals surface area contributed by atoms with Crippen LogP contribution in [0.15, 0.2) is 0 Å². The van der Waals surface area contributed by atoms with Crippen molar-refractivity contribution in [2.24, 2.45) is 5.92 Å². The topological polar surface area (TPSA) is 50.8 Å². The molecule has 3 fully saturated rings. The second-order valence-electron chi connectivity index (χ2n) is 6.78. The van der Waals surface area contributed by atoms with Crippen LogP contribution in [-0.4, -0.2) is 49.1 Å². The van der Waals surface area contributed by atoms with Crippen molar-refractivity contribution in [2.75, 3.05) is 26.3 Å². The fourth-order valence-corrected chi connectivity index (χ4v) is 3.87. The average Bonchev–Trinajstić information content (AvgIpc) is 2.97. The van der Waals surface area contributed by atoms with Crippen LogP contribution in [0.2, 0.25) is 0 Å². The molecule has 5 heteroatoms. The summed E-state index contributed by atoms with van der Waals surface area (Å²) in [6.07, 6.45) is 8.17. The van der Waals surface area contributed by atoms with E-state index in [0.29, 0.717) is 19.3 Å². The quantitative estimate of drug-likeness (QED) is 0.852. The van der Waals surface area contributed by atoms with Gasteiger partial charge in [-0.05, 0) is 32.6 Å². The summed E-state index contributed by atoms with van der Waals surface area (Å²) in [6.45, 7) is 4.95. The third-order valence-electron chi connectivity index (χ3n) is 5.24. The number of nitrogens with zero attached hydrogens (tertiary/aromatic N) is 1. The minimum absolute atomic E-state index is 0.105. The number of hydrogen-bond acceptors (Lipinski definition) is 3. The Morgan fingerprint density at radius 2 is 1.81 bits per heavy atom. The van der Waals surface area contributed by atoms with Gasteiger partial charge in [-0.2, -0.15) is 0 Å². The number of piperidine rings is 1. The molecule has 2 amide bonds. The van der Waals surface area contributed by atoms with Gasteiger partial charge in [-0.25, -0.2) is 4.79 Å². The van der Waals surface area contributed by atoms with Crippen LogP contribution in [0, 0.1) is 5.92 Å². The molecule has 0 radical (unpaired) electrons. The van der Waals surface area contributed by atoms with Gasteiger partial charge in [-0.15, -0.1) is 0 Å². The maximum atomic E-state index is 12.5. The van der Waals surface area contributed by atoms with Gasteiger partial charge >= 0.3 is 6.03 Å². The Balaban J connectivity index is 1.53. The van der Waals surface area contributed by atoms with Crippen LogP contribution >= 0.6 is 0 Å². The average molecular weight is 296 g/mol. The number of rotatable bonds is 2. The summed E-state index contributed by atoms with van der Waals surface area (Å²) >= 11 is 0. The molecule has 2 heterocycles. The highest BCUT2D eigenvalue weighted by molar-refractivity contribution is 5.74. The number of hydrogen-bond donors (Lipinski definition) is 1. The summed E-state index contributed by atoms with van der Waals surface area (Å²) in [5.74, 6) is -0.213. The summed E-state index contributed by atoms with van der Waals surface area (Å²) in [4.78, 5) is 14.4. The minimum Gasteiger partial charge on any atom is -0.347 e. The predicted molar refractivity (Wildman–Crippen MR) is 80.0 cm³/mol. The monoisotopic (exact) mass is 296 g/mol. The van der Waals surface area contributed by atoms with Crippen LogP contribution in [-0.2, 0) is 9.47 Å². The van der Waals surface area contributed by atoms with E-state index in [1.807, 2.05) is 11.8 Å². The molecule has 0 unspecified atom stereocenters. The number of urea groups is 1. The first-order valence-corrected chi connectivity index (χ1v) is 8.51. The predicted octanol–water partition coefficient (Wildman–Crippen LogP) is 2.50. The van der Waals surface area contributed by atoms with Crippen LogP contribution < -0.4 is 5.32 Å². The van der Waals surface area contributed by atoms with Gasteiger partial charge < -0.3 is 19.7 Å². The SMILES string of the molecule is CC1([C@H]2CCCN(C(=O)NC3CCCCC3)C2)OCCO1. The zero-order valence-corrected chi connectivity index (χ0v) is 13.1. The Kier molecular flexibility index (Phi) is 4.69. The van der Waals surface area contributed by atoms with Gasteiger partial charge in [0, 0.05) is 25.0 Å². The van der Waals surface area contributed by atoms with E-state index in [1.165, 1.54) is 19.3 Å². The van der Waals surface area contributed by atoms with E-state index in [-0.39, 0.29) is 11.9 Å². The third kappa shape index (κ3) is 3.51. The molecule has 2 saturated heterocycles. The lowest BCUT2D eigenvalue weighted by atomic mass is 9.90. The minimum atomic E-state index is -0.496. The molecule has 0 bridgehead atoms. The molecule has 1 aliphatic carbocycles. The Labute approximate surface area is 127 Å². The van der Waals surface area contributed by atoms with E-state index in [9.17, 15) is 4.79 Å². The second-order valence-corrected chi connectivity index (χ2v) is 6.78. The molecule has 5 nitrogen and oxygen atoms in total.